The molecule has 0 saturated carbocycles. The summed E-state index contributed by atoms with van der Waals surface area (Å²) in [6.07, 6.45) is 0. The second-order valence-electron chi connectivity index (χ2n) is 5.66. The monoisotopic (exact) mass is 336 g/mol. The number of carbonyl (C=O) groups is 1. The summed E-state index contributed by atoms with van der Waals surface area (Å²) in [5.74, 6) is 7.43. The molecular formula is C20H20N2O3. The normalized spacial score (nSPS) is 11.9. The van der Waals surface area contributed by atoms with Crippen LogP contribution in [0.2, 0.25) is 0 Å². The number of urea groups is 1. The fourth-order valence-corrected chi connectivity index (χ4v) is 2.45. The van der Waals surface area contributed by atoms with Crippen LogP contribution in [0, 0.1) is 11.8 Å². The van der Waals surface area contributed by atoms with Crippen LogP contribution in [-0.2, 0) is 6.54 Å². The Hall–Kier alpha value is -3.13. The molecule has 0 fully saturated rings. The summed E-state index contributed by atoms with van der Waals surface area (Å²) in [5.41, 5.74) is 1.92. The van der Waals surface area contributed by atoms with Gasteiger partial charge in [0.1, 0.15) is 13.2 Å². The van der Waals surface area contributed by atoms with Gasteiger partial charge in [0.15, 0.2) is 11.5 Å². The Bertz CT molecular complexity index is 794. The number of carbonyl (C=O) groups excluding carboxylic acids is 1. The molecule has 2 amide bonds. The van der Waals surface area contributed by atoms with Gasteiger partial charge >= 0.3 is 6.03 Å². The van der Waals surface area contributed by atoms with Gasteiger partial charge in [0, 0.05) is 19.2 Å². The quantitative estimate of drug-likeness (QED) is 0.877. The molecule has 128 valence electrons. The van der Waals surface area contributed by atoms with Gasteiger partial charge < -0.3 is 19.7 Å². The second-order valence-corrected chi connectivity index (χ2v) is 5.66. The van der Waals surface area contributed by atoms with Crippen LogP contribution in [0.1, 0.15) is 11.1 Å². The smallest absolute Gasteiger partial charge is 0.318 e. The second kappa shape index (κ2) is 8.11. The molecule has 2 aromatic rings. The lowest BCUT2D eigenvalue weighted by molar-refractivity contribution is 0.171. The Morgan fingerprint density at radius 2 is 1.88 bits per heavy atom. The van der Waals surface area contributed by atoms with Gasteiger partial charge in [0.05, 0.1) is 6.54 Å². The van der Waals surface area contributed by atoms with Gasteiger partial charge in [-0.15, -0.1) is 0 Å². The third-order valence-corrected chi connectivity index (χ3v) is 3.71. The molecule has 0 radical (unpaired) electrons. The molecule has 0 unspecified atom stereocenters. The first kappa shape index (κ1) is 16.7. The van der Waals surface area contributed by atoms with Crippen LogP contribution in [0.4, 0.5) is 4.79 Å². The Kier molecular flexibility index (Phi) is 5.43. The minimum absolute atomic E-state index is 0.169. The van der Waals surface area contributed by atoms with Crippen LogP contribution in [0.25, 0.3) is 0 Å². The summed E-state index contributed by atoms with van der Waals surface area (Å²) >= 11 is 0. The Morgan fingerprint density at radius 3 is 2.68 bits per heavy atom. The van der Waals surface area contributed by atoms with Gasteiger partial charge in [-0.1, -0.05) is 36.1 Å². The van der Waals surface area contributed by atoms with Crippen LogP contribution >= 0.6 is 0 Å². The number of benzene rings is 2. The van der Waals surface area contributed by atoms with Crippen LogP contribution in [0.15, 0.2) is 48.5 Å². The molecule has 1 heterocycles. The zero-order chi connectivity index (χ0) is 17.5. The third kappa shape index (κ3) is 4.67. The van der Waals surface area contributed by atoms with Crippen molar-refractivity contribution in [3.8, 4) is 23.3 Å². The fourth-order valence-electron chi connectivity index (χ4n) is 2.45. The minimum Gasteiger partial charge on any atom is -0.486 e. The predicted molar refractivity (Wildman–Crippen MR) is 95.6 cm³/mol. The highest BCUT2D eigenvalue weighted by molar-refractivity contribution is 5.74. The maximum absolute atomic E-state index is 12.1. The van der Waals surface area contributed by atoms with E-state index in [1.54, 1.807) is 11.9 Å². The Balaban J connectivity index is 1.50. The molecule has 1 aliphatic heterocycles. The van der Waals surface area contributed by atoms with E-state index in [4.69, 9.17) is 9.47 Å². The lowest BCUT2D eigenvalue weighted by Gasteiger charge is -2.21. The zero-order valence-electron chi connectivity index (χ0n) is 14.1. The molecule has 0 aromatic heterocycles. The molecule has 25 heavy (non-hydrogen) atoms. The van der Waals surface area contributed by atoms with Crippen LogP contribution < -0.4 is 14.8 Å². The van der Waals surface area contributed by atoms with Gasteiger partial charge in [-0.25, -0.2) is 4.79 Å². The first-order valence-corrected chi connectivity index (χ1v) is 8.14. The molecule has 1 N–H and O–H groups in total. The van der Waals surface area contributed by atoms with Crippen LogP contribution in [-0.4, -0.2) is 37.7 Å². The van der Waals surface area contributed by atoms with Crippen molar-refractivity contribution in [3.05, 3.63) is 59.7 Å². The molecule has 0 spiro atoms. The van der Waals surface area contributed by atoms with Crippen molar-refractivity contribution in [1.29, 1.82) is 0 Å². The van der Waals surface area contributed by atoms with E-state index in [2.05, 4.69) is 17.2 Å². The first-order valence-electron chi connectivity index (χ1n) is 8.14. The third-order valence-electron chi connectivity index (χ3n) is 3.71. The average Bonchev–Trinajstić information content (AvgIpc) is 2.65. The molecule has 2 aromatic carbocycles. The number of rotatable bonds is 3. The van der Waals surface area contributed by atoms with E-state index < -0.39 is 0 Å². The van der Waals surface area contributed by atoms with Gasteiger partial charge in [-0.3, -0.25) is 0 Å². The maximum Gasteiger partial charge on any atom is 0.318 e. The summed E-state index contributed by atoms with van der Waals surface area (Å²) in [6.45, 7) is 1.90. The van der Waals surface area contributed by atoms with Crippen molar-refractivity contribution < 1.29 is 14.3 Å². The standard InChI is InChI=1S/C20H20N2O3/c1-22(15-17-9-10-18-19(14-17)25-13-12-24-18)20(23)21-11-5-8-16-6-3-2-4-7-16/h2-4,6-7,9-10,14H,11-13,15H2,1H3,(H,21,23). The van der Waals surface area contributed by atoms with Crippen molar-refractivity contribution in [2.24, 2.45) is 0 Å². The van der Waals surface area contributed by atoms with Gasteiger partial charge in [-0.2, -0.15) is 0 Å². The van der Waals surface area contributed by atoms with E-state index in [-0.39, 0.29) is 6.03 Å². The summed E-state index contributed by atoms with van der Waals surface area (Å²) in [4.78, 5) is 13.7. The van der Waals surface area contributed by atoms with Crippen molar-refractivity contribution in [1.82, 2.24) is 10.2 Å². The van der Waals surface area contributed by atoms with Crippen molar-refractivity contribution in [3.63, 3.8) is 0 Å². The zero-order valence-corrected chi connectivity index (χ0v) is 14.1. The predicted octanol–water partition coefficient (Wildman–Crippen LogP) is 2.65. The topological polar surface area (TPSA) is 50.8 Å². The van der Waals surface area contributed by atoms with E-state index in [0.29, 0.717) is 26.3 Å². The Labute approximate surface area is 147 Å². The average molecular weight is 336 g/mol. The Morgan fingerprint density at radius 1 is 1.12 bits per heavy atom. The van der Waals surface area contributed by atoms with E-state index in [0.717, 1.165) is 22.6 Å². The lowest BCUT2D eigenvalue weighted by atomic mass is 10.2. The number of hydrogen-bond acceptors (Lipinski definition) is 3. The molecule has 5 nitrogen and oxygen atoms in total. The number of ether oxygens (including phenoxy) is 2. The van der Waals surface area contributed by atoms with Crippen LogP contribution in [0.3, 0.4) is 0 Å². The van der Waals surface area contributed by atoms with E-state index in [1.807, 2.05) is 48.5 Å². The molecular weight excluding hydrogens is 316 g/mol. The number of fused-ring (bicyclic) bond motifs is 1. The van der Waals surface area contributed by atoms with E-state index in [1.165, 1.54) is 0 Å². The molecule has 5 heteroatoms. The lowest BCUT2D eigenvalue weighted by Crippen LogP contribution is -2.36. The number of nitrogens with one attached hydrogen (secondary N) is 1. The summed E-state index contributed by atoms with van der Waals surface area (Å²) < 4.78 is 11.1. The van der Waals surface area contributed by atoms with E-state index >= 15 is 0 Å². The molecule has 1 aliphatic rings. The molecule has 0 atom stereocenters. The van der Waals surface area contributed by atoms with Gasteiger partial charge in [-0.05, 0) is 29.8 Å². The van der Waals surface area contributed by atoms with Crippen molar-refractivity contribution in [2.75, 3.05) is 26.8 Å². The maximum atomic E-state index is 12.1. The highest BCUT2D eigenvalue weighted by atomic mass is 16.6. The highest BCUT2D eigenvalue weighted by Gasteiger charge is 2.13. The first-order chi connectivity index (χ1) is 12.2. The number of amides is 2. The largest absolute Gasteiger partial charge is 0.486 e. The summed E-state index contributed by atoms with van der Waals surface area (Å²) in [6, 6.07) is 15.2. The van der Waals surface area contributed by atoms with E-state index in [9.17, 15) is 4.79 Å². The molecule has 3 rings (SSSR count). The molecule has 0 aliphatic carbocycles. The van der Waals surface area contributed by atoms with Gasteiger partial charge in [0.25, 0.3) is 0 Å². The number of nitrogens with zero attached hydrogens (tertiary/aromatic N) is 1. The minimum atomic E-state index is -0.169. The van der Waals surface area contributed by atoms with Crippen molar-refractivity contribution >= 4 is 6.03 Å². The SMILES string of the molecule is CN(Cc1ccc2c(c1)OCCO2)C(=O)NCC#Cc1ccccc1. The molecule has 0 bridgehead atoms. The van der Waals surface area contributed by atoms with Crippen LogP contribution in [0.5, 0.6) is 11.5 Å². The highest BCUT2D eigenvalue weighted by Crippen LogP contribution is 2.30. The van der Waals surface area contributed by atoms with Crippen molar-refractivity contribution in [2.45, 2.75) is 6.54 Å². The fraction of sp³-hybridized carbons (Fsp3) is 0.250. The molecule has 0 saturated heterocycles. The number of hydrogen-bond donors (Lipinski definition) is 1. The van der Waals surface area contributed by atoms with Gasteiger partial charge in [0.2, 0.25) is 0 Å². The summed E-state index contributed by atoms with van der Waals surface area (Å²) in [5, 5.41) is 2.79. The summed E-state index contributed by atoms with van der Waals surface area (Å²) in [7, 11) is 1.75.